The van der Waals surface area contributed by atoms with E-state index < -0.39 is 10.0 Å². The van der Waals surface area contributed by atoms with Gasteiger partial charge in [0.1, 0.15) is 28.0 Å². The number of furan rings is 1. The van der Waals surface area contributed by atoms with Gasteiger partial charge in [0.15, 0.2) is 0 Å². The Morgan fingerprint density at radius 2 is 1.96 bits per heavy atom. The SMILES string of the molecule is COc1ccc(S(=O)(=O)Nc2ccc(NCc3ccco3)cn2)c(OC)c1. The number of nitrogens with zero attached hydrogens (tertiary/aromatic N) is 1. The van der Waals surface area contributed by atoms with Crippen LogP contribution in [0.2, 0.25) is 0 Å². The van der Waals surface area contributed by atoms with Crippen LogP contribution in [0.15, 0.2) is 64.2 Å². The zero-order valence-corrected chi connectivity index (χ0v) is 15.6. The van der Waals surface area contributed by atoms with Crippen LogP contribution >= 0.6 is 0 Å². The number of ether oxygens (including phenoxy) is 2. The Labute approximate surface area is 157 Å². The molecule has 0 fully saturated rings. The summed E-state index contributed by atoms with van der Waals surface area (Å²) >= 11 is 0. The van der Waals surface area contributed by atoms with E-state index in [2.05, 4.69) is 15.0 Å². The van der Waals surface area contributed by atoms with E-state index in [4.69, 9.17) is 13.9 Å². The average molecular weight is 389 g/mol. The van der Waals surface area contributed by atoms with Gasteiger partial charge in [0.2, 0.25) is 0 Å². The Morgan fingerprint density at radius 1 is 1.11 bits per heavy atom. The summed E-state index contributed by atoms with van der Waals surface area (Å²) in [6.45, 7) is 0.503. The van der Waals surface area contributed by atoms with Gasteiger partial charge in [-0.1, -0.05) is 0 Å². The highest BCUT2D eigenvalue weighted by Crippen LogP contribution is 2.29. The molecular weight excluding hydrogens is 370 g/mol. The van der Waals surface area contributed by atoms with Crippen molar-refractivity contribution in [2.24, 2.45) is 0 Å². The van der Waals surface area contributed by atoms with Crippen LogP contribution in [0.4, 0.5) is 11.5 Å². The summed E-state index contributed by atoms with van der Waals surface area (Å²) in [7, 11) is -0.983. The zero-order chi connectivity index (χ0) is 19.3. The van der Waals surface area contributed by atoms with Crippen molar-refractivity contribution in [3.63, 3.8) is 0 Å². The van der Waals surface area contributed by atoms with Gasteiger partial charge >= 0.3 is 0 Å². The lowest BCUT2D eigenvalue weighted by Crippen LogP contribution is -2.15. The molecule has 2 heterocycles. The smallest absolute Gasteiger partial charge is 0.266 e. The van der Waals surface area contributed by atoms with Crippen LogP contribution in [0, 0.1) is 0 Å². The van der Waals surface area contributed by atoms with Crippen LogP contribution in [0.1, 0.15) is 5.76 Å². The summed E-state index contributed by atoms with van der Waals surface area (Å²) < 4.78 is 43.2. The van der Waals surface area contributed by atoms with Crippen LogP contribution in [0.25, 0.3) is 0 Å². The first-order valence-corrected chi connectivity index (χ1v) is 9.47. The molecule has 0 spiro atoms. The molecule has 8 nitrogen and oxygen atoms in total. The molecule has 0 aliphatic heterocycles. The lowest BCUT2D eigenvalue weighted by Gasteiger charge is -2.12. The minimum absolute atomic E-state index is 0.00683. The Kier molecular flexibility index (Phi) is 5.51. The summed E-state index contributed by atoms with van der Waals surface area (Å²) in [4.78, 5) is 4.12. The minimum Gasteiger partial charge on any atom is -0.497 e. The first-order chi connectivity index (χ1) is 13.0. The van der Waals surface area contributed by atoms with E-state index in [1.54, 1.807) is 30.5 Å². The van der Waals surface area contributed by atoms with E-state index in [9.17, 15) is 8.42 Å². The molecule has 0 saturated heterocycles. The van der Waals surface area contributed by atoms with E-state index in [1.807, 2.05) is 6.07 Å². The molecule has 0 amide bonds. The Bertz CT molecular complexity index is 986. The third-order valence-electron chi connectivity index (χ3n) is 3.71. The highest BCUT2D eigenvalue weighted by Gasteiger charge is 2.20. The molecule has 0 bridgehead atoms. The second-order valence-corrected chi connectivity index (χ2v) is 7.14. The molecule has 27 heavy (non-hydrogen) atoms. The molecular formula is C18H19N3O5S. The number of rotatable bonds is 8. The van der Waals surface area contributed by atoms with Gasteiger partial charge in [-0.15, -0.1) is 0 Å². The molecule has 142 valence electrons. The van der Waals surface area contributed by atoms with Gasteiger partial charge < -0.3 is 19.2 Å². The Hall–Kier alpha value is -3.20. The van der Waals surface area contributed by atoms with Gasteiger partial charge in [0.05, 0.1) is 38.9 Å². The number of hydrogen-bond acceptors (Lipinski definition) is 7. The molecule has 0 aliphatic rings. The van der Waals surface area contributed by atoms with E-state index in [0.29, 0.717) is 12.3 Å². The molecule has 2 aromatic heterocycles. The van der Waals surface area contributed by atoms with Crippen molar-refractivity contribution in [3.8, 4) is 11.5 Å². The van der Waals surface area contributed by atoms with Crippen molar-refractivity contribution in [1.82, 2.24) is 4.98 Å². The summed E-state index contributed by atoms with van der Waals surface area (Å²) in [5.41, 5.74) is 0.733. The zero-order valence-electron chi connectivity index (χ0n) is 14.8. The maximum atomic E-state index is 12.6. The molecule has 9 heteroatoms. The maximum Gasteiger partial charge on any atom is 0.266 e. The topological polar surface area (TPSA) is 103 Å². The molecule has 0 aliphatic carbocycles. The van der Waals surface area contributed by atoms with Crippen LogP contribution in [0.3, 0.4) is 0 Å². The predicted octanol–water partition coefficient (Wildman–Crippen LogP) is 3.10. The van der Waals surface area contributed by atoms with Crippen LogP contribution in [-0.4, -0.2) is 27.6 Å². The van der Waals surface area contributed by atoms with Gasteiger partial charge in [-0.2, -0.15) is 0 Å². The quantitative estimate of drug-likeness (QED) is 0.610. The number of methoxy groups -OCH3 is 2. The first-order valence-electron chi connectivity index (χ1n) is 7.99. The first kappa shape index (κ1) is 18.6. The number of pyridine rings is 1. The lowest BCUT2D eigenvalue weighted by atomic mass is 10.3. The van der Waals surface area contributed by atoms with E-state index in [1.165, 1.54) is 32.5 Å². The van der Waals surface area contributed by atoms with Gasteiger partial charge in [-0.05, 0) is 36.4 Å². The number of anilines is 2. The van der Waals surface area contributed by atoms with Crippen molar-refractivity contribution < 1.29 is 22.3 Å². The highest BCUT2D eigenvalue weighted by atomic mass is 32.2. The molecule has 3 aromatic rings. The van der Waals surface area contributed by atoms with Gasteiger partial charge in [-0.3, -0.25) is 4.72 Å². The average Bonchev–Trinajstić information content (AvgIpc) is 3.20. The number of hydrogen-bond donors (Lipinski definition) is 2. The minimum atomic E-state index is -3.87. The summed E-state index contributed by atoms with van der Waals surface area (Å²) in [6.07, 6.45) is 3.13. The van der Waals surface area contributed by atoms with Crippen LogP contribution in [0.5, 0.6) is 11.5 Å². The molecule has 0 atom stereocenters. The van der Waals surface area contributed by atoms with E-state index in [0.717, 1.165) is 11.4 Å². The monoisotopic (exact) mass is 389 g/mol. The predicted molar refractivity (Wildman–Crippen MR) is 101 cm³/mol. The number of sulfonamides is 1. The van der Waals surface area contributed by atoms with Crippen molar-refractivity contribution in [1.29, 1.82) is 0 Å². The fourth-order valence-electron chi connectivity index (χ4n) is 2.35. The normalized spacial score (nSPS) is 11.0. The second kappa shape index (κ2) is 8.00. The third kappa shape index (κ3) is 4.50. The highest BCUT2D eigenvalue weighted by molar-refractivity contribution is 7.92. The summed E-state index contributed by atoms with van der Waals surface area (Å²) in [5.74, 6) is 1.65. The van der Waals surface area contributed by atoms with Crippen LogP contribution in [-0.2, 0) is 16.6 Å². The van der Waals surface area contributed by atoms with Crippen molar-refractivity contribution in [3.05, 3.63) is 60.7 Å². The maximum absolute atomic E-state index is 12.6. The number of nitrogens with one attached hydrogen (secondary N) is 2. The molecule has 1 aromatic carbocycles. The fraction of sp³-hybridized carbons (Fsp3) is 0.167. The standard InChI is InChI=1S/C18H19N3O5S/c1-24-14-6-7-17(16(10-14)25-2)27(22,23)21-18-8-5-13(11-20-18)19-12-15-4-3-9-26-15/h3-11,19H,12H2,1-2H3,(H,20,21). The van der Waals surface area contributed by atoms with Crippen molar-refractivity contribution in [2.75, 3.05) is 24.3 Å². The van der Waals surface area contributed by atoms with Crippen molar-refractivity contribution in [2.45, 2.75) is 11.4 Å². The third-order valence-corrected chi connectivity index (χ3v) is 5.10. The summed E-state index contributed by atoms with van der Waals surface area (Å²) in [6, 6.07) is 11.4. The van der Waals surface area contributed by atoms with Gasteiger partial charge in [0, 0.05) is 6.07 Å². The van der Waals surface area contributed by atoms with Gasteiger partial charge in [0.25, 0.3) is 10.0 Å². The molecule has 0 radical (unpaired) electrons. The molecule has 0 unspecified atom stereocenters. The number of aromatic nitrogens is 1. The second-order valence-electron chi connectivity index (χ2n) is 5.49. The van der Waals surface area contributed by atoms with Crippen molar-refractivity contribution >= 4 is 21.5 Å². The fourth-order valence-corrected chi connectivity index (χ4v) is 3.51. The van der Waals surface area contributed by atoms with Crippen LogP contribution < -0.4 is 19.5 Å². The van der Waals surface area contributed by atoms with E-state index in [-0.39, 0.29) is 16.5 Å². The molecule has 2 N–H and O–H groups in total. The van der Waals surface area contributed by atoms with Gasteiger partial charge in [-0.25, -0.2) is 13.4 Å². The summed E-state index contributed by atoms with van der Waals surface area (Å²) in [5, 5.41) is 3.13. The lowest BCUT2D eigenvalue weighted by molar-refractivity contribution is 0.386. The Balaban J connectivity index is 1.72. The van der Waals surface area contributed by atoms with E-state index >= 15 is 0 Å². The molecule has 0 saturated carbocycles. The largest absolute Gasteiger partial charge is 0.497 e. The number of benzene rings is 1. The molecule has 3 rings (SSSR count). The Morgan fingerprint density at radius 3 is 2.59 bits per heavy atom.